The standard InChI is InChI=1S/C12H22O/c1-3-11(9-13)8-12-6-4-5-10(2)7-12/h8,10,12-13H,3-7,9H2,1-2H3/b11-8+. The molecule has 1 N–H and O–H groups in total. The Morgan fingerprint density at radius 2 is 2.23 bits per heavy atom. The van der Waals surface area contributed by atoms with Gasteiger partial charge in [-0.3, -0.25) is 0 Å². The van der Waals surface area contributed by atoms with Crippen LogP contribution in [0.2, 0.25) is 0 Å². The van der Waals surface area contributed by atoms with Crippen molar-refractivity contribution in [3.8, 4) is 0 Å². The first-order valence-electron chi connectivity index (χ1n) is 5.56. The Morgan fingerprint density at radius 1 is 1.46 bits per heavy atom. The highest BCUT2D eigenvalue weighted by atomic mass is 16.3. The Hall–Kier alpha value is -0.300. The van der Waals surface area contributed by atoms with Gasteiger partial charge in [0.1, 0.15) is 0 Å². The Bertz CT molecular complexity index is 166. The van der Waals surface area contributed by atoms with Crippen LogP contribution < -0.4 is 0 Å². The zero-order valence-corrected chi connectivity index (χ0v) is 8.92. The molecule has 0 saturated heterocycles. The van der Waals surface area contributed by atoms with Gasteiger partial charge in [-0.2, -0.15) is 0 Å². The van der Waals surface area contributed by atoms with Gasteiger partial charge in [0.15, 0.2) is 0 Å². The van der Waals surface area contributed by atoms with Crippen LogP contribution in [0.3, 0.4) is 0 Å². The molecule has 0 aromatic rings. The average Bonchev–Trinajstić information content (AvgIpc) is 2.14. The summed E-state index contributed by atoms with van der Waals surface area (Å²) in [4.78, 5) is 0. The summed E-state index contributed by atoms with van der Waals surface area (Å²) in [5, 5.41) is 9.05. The van der Waals surface area contributed by atoms with Crippen molar-refractivity contribution in [1.82, 2.24) is 0 Å². The van der Waals surface area contributed by atoms with Crippen LogP contribution in [0.1, 0.15) is 46.0 Å². The van der Waals surface area contributed by atoms with Crippen LogP contribution in [-0.4, -0.2) is 11.7 Å². The molecule has 0 spiro atoms. The number of hydrogen-bond acceptors (Lipinski definition) is 1. The van der Waals surface area contributed by atoms with Gasteiger partial charge in [0.2, 0.25) is 0 Å². The van der Waals surface area contributed by atoms with Crippen LogP contribution in [0, 0.1) is 11.8 Å². The first-order valence-corrected chi connectivity index (χ1v) is 5.56. The zero-order chi connectivity index (χ0) is 9.68. The molecule has 0 bridgehead atoms. The molecule has 0 radical (unpaired) electrons. The molecule has 0 amide bonds. The Morgan fingerprint density at radius 3 is 2.77 bits per heavy atom. The molecule has 76 valence electrons. The molecule has 13 heavy (non-hydrogen) atoms. The van der Waals surface area contributed by atoms with E-state index in [2.05, 4.69) is 19.9 Å². The predicted molar refractivity (Wildman–Crippen MR) is 56.6 cm³/mol. The van der Waals surface area contributed by atoms with E-state index in [1.807, 2.05) is 0 Å². The summed E-state index contributed by atoms with van der Waals surface area (Å²) in [5.41, 5.74) is 1.22. The van der Waals surface area contributed by atoms with E-state index in [-0.39, 0.29) is 6.61 Å². The van der Waals surface area contributed by atoms with Crippen molar-refractivity contribution < 1.29 is 5.11 Å². The second kappa shape index (κ2) is 5.43. The minimum Gasteiger partial charge on any atom is -0.392 e. The maximum Gasteiger partial charge on any atom is 0.0641 e. The highest BCUT2D eigenvalue weighted by Gasteiger charge is 2.16. The fraction of sp³-hybridized carbons (Fsp3) is 0.833. The van der Waals surface area contributed by atoms with E-state index in [4.69, 9.17) is 5.11 Å². The predicted octanol–water partition coefficient (Wildman–Crippen LogP) is 3.14. The summed E-state index contributed by atoms with van der Waals surface area (Å²) < 4.78 is 0. The van der Waals surface area contributed by atoms with Crippen LogP contribution in [-0.2, 0) is 0 Å². The number of allylic oxidation sites excluding steroid dienone is 1. The molecule has 0 aliphatic heterocycles. The van der Waals surface area contributed by atoms with Gasteiger partial charge in [0.05, 0.1) is 6.61 Å². The van der Waals surface area contributed by atoms with Crippen LogP contribution >= 0.6 is 0 Å². The van der Waals surface area contributed by atoms with Gasteiger partial charge in [-0.1, -0.05) is 32.8 Å². The SMILES string of the molecule is CC/C(=C\C1CCCC(C)C1)CO. The summed E-state index contributed by atoms with van der Waals surface area (Å²) in [7, 11) is 0. The van der Waals surface area contributed by atoms with Gasteiger partial charge in [0, 0.05) is 0 Å². The molecule has 1 heteroatoms. The lowest BCUT2D eigenvalue weighted by Gasteiger charge is -2.24. The zero-order valence-electron chi connectivity index (χ0n) is 8.92. The number of aliphatic hydroxyl groups is 1. The van der Waals surface area contributed by atoms with Crippen molar-refractivity contribution in [2.24, 2.45) is 11.8 Å². The van der Waals surface area contributed by atoms with E-state index < -0.39 is 0 Å². The molecule has 1 rings (SSSR count). The monoisotopic (exact) mass is 182 g/mol. The van der Waals surface area contributed by atoms with Crippen molar-refractivity contribution in [1.29, 1.82) is 0 Å². The number of rotatable bonds is 3. The molecule has 0 aromatic heterocycles. The summed E-state index contributed by atoms with van der Waals surface area (Å²) in [6, 6.07) is 0. The molecule has 2 atom stereocenters. The lowest BCUT2D eigenvalue weighted by Crippen LogP contribution is -2.12. The van der Waals surface area contributed by atoms with E-state index >= 15 is 0 Å². The highest BCUT2D eigenvalue weighted by Crippen LogP contribution is 2.30. The molecule has 1 aliphatic rings. The maximum absolute atomic E-state index is 9.05. The van der Waals surface area contributed by atoms with Crippen LogP contribution in [0.4, 0.5) is 0 Å². The van der Waals surface area contributed by atoms with Gasteiger partial charge in [-0.15, -0.1) is 0 Å². The second-order valence-corrected chi connectivity index (χ2v) is 4.37. The first-order chi connectivity index (χ1) is 6.26. The summed E-state index contributed by atoms with van der Waals surface area (Å²) in [5.74, 6) is 1.62. The molecule has 1 fully saturated rings. The van der Waals surface area contributed by atoms with Gasteiger partial charge >= 0.3 is 0 Å². The average molecular weight is 182 g/mol. The van der Waals surface area contributed by atoms with Crippen molar-refractivity contribution in [3.05, 3.63) is 11.6 Å². The van der Waals surface area contributed by atoms with E-state index in [1.165, 1.54) is 31.3 Å². The summed E-state index contributed by atoms with van der Waals surface area (Å²) in [6.45, 7) is 4.71. The van der Waals surface area contributed by atoms with Crippen molar-refractivity contribution >= 4 is 0 Å². The Labute approximate surface area is 81.9 Å². The third kappa shape index (κ3) is 3.51. The highest BCUT2D eigenvalue weighted by molar-refractivity contribution is 5.04. The summed E-state index contributed by atoms with van der Waals surface area (Å²) in [6.07, 6.45) is 8.73. The molecule has 0 heterocycles. The summed E-state index contributed by atoms with van der Waals surface area (Å²) >= 11 is 0. The van der Waals surface area contributed by atoms with Crippen molar-refractivity contribution in [2.45, 2.75) is 46.0 Å². The second-order valence-electron chi connectivity index (χ2n) is 4.37. The fourth-order valence-corrected chi connectivity index (χ4v) is 2.25. The van der Waals surface area contributed by atoms with Crippen LogP contribution in [0.25, 0.3) is 0 Å². The fourth-order valence-electron chi connectivity index (χ4n) is 2.25. The lowest BCUT2D eigenvalue weighted by molar-refractivity contribution is 0.309. The number of aliphatic hydroxyl groups excluding tert-OH is 1. The molecule has 0 aromatic carbocycles. The van der Waals surface area contributed by atoms with Crippen LogP contribution in [0.5, 0.6) is 0 Å². The van der Waals surface area contributed by atoms with E-state index in [9.17, 15) is 0 Å². The normalized spacial score (nSPS) is 30.5. The first kappa shape index (κ1) is 10.8. The molecule has 2 unspecified atom stereocenters. The van der Waals surface area contributed by atoms with Gasteiger partial charge in [-0.25, -0.2) is 0 Å². The molecular weight excluding hydrogens is 160 g/mol. The lowest BCUT2D eigenvalue weighted by atomic mass is 9.81. The molecule has 1 nitrogen and oxygen atoms in total. The minimum atomic E-state index is 0.251. The van der Waals surface area contributed by atoms with Crippen molar-refractivity contribution in [3.63, 3.8) is 0 Å². The third-order valence-corrected chi connectivity index (χ3v) is 3.11. The maximum atomic E-state index is 9.05. The topological polar surface area (TPSA) is 20.2 Å². The number of hydrogen-bond donors (Lipinski definition) is 1. The van der Waals surface area contributed by atoms with Crippen LogP contribution in [0.15, 0.2) is 11.6 Å². The third-order valence-electron chi connectivity index (χ3n) is 3.11. The Kier molecular flexibility index (Phi) is 4.51. The van der Waals surface area contributed by atoms with Crippen molar-refractivity contribution in [2.75, 3.05) is 6.61 Å². The molecular formula is C12H22O. The molecule has 1 saturated carbocycles. The van der Waals surface area contributed by atoms with E-state index in [0.29, 0.717) is 0 Å². The Balaban J connectivity index is 2.46. The van der Waals surface area contributed by atoms with Gasteiger partial charge in [0.25, 0.3) is 0 Å². The van der Waals surface area contributed by atoms with E-state index in [0.717, 1.165) is 18.3 Å². The van der Waals surface area contributed by atoms with E-state index in [1.54, 1.807) is 0 Å². The largest absolute Gasteiger partial charge is 0.392 e. The smallest absolute Gasteiger partial charge is 0.0641 e. The quantitative estimate of drug-likeness (QED) is 0.665. The minimum absolute atomic E-state index is 0.251. The van der Waals surface area contributed by atoms with Gasteiger partial charge in [-0.05, 0) is 36.7 Å². The van der Waals surface area contributed by atoms with Gasteiger partial charge < -0.3 is 5.11 Å². The molecule has 1 aliphatic carbocycles.